The van der Waals surface area contributed by atoms with Crippen LogP contribution in [0.4, 0.5) is 0 Å². The van der Waals surface area contributed by atoms with E-state index < -0.39 is 11.6 Å². The molecular weight excluding hydrogens is 424 g/mol. The Morgan fingerprint density at radius 3 is 2.82 bits per heavy atom. The summed E-state index contributed by atoms with van der Waals surface area (Å²) in [6, 6.07) is 5.81. The van der Waals surface area contributed by atoms with Crippen LogP contribution in [0.15, 0.2) is 34.0 Å². The van der Waals surface area contributed by atoms with Crippen molar-refractivity contribution in [2.45, 2.75) is 38.7 Å². The second kappa shape index (κ2) is 7.07. The van der Waals surface area contributed by atoms with E-state index in [-0.39, 0.29) is 18.3 Å². The SMILES string of the molecule is COc1cccc2c1C[C@H]1C(=C2)C(=O)C(Br)=C2OCC(=O)O[C@]21CCC(C)C. The van der Waals surface area contributed by atoms with Crippen molar-refractivity contribution in [3.63, 3.8) is 0 Å². The summed E-state index contributed by atoms with van der Waals surface area (Å²) < 4.78 is 17.7. The van der Waals surface area contributed by atoms with Gasteiger partial charge < -0.3 is 14.2 Å². The molecule has 1 aliphatic heterocycles. The van der Waals surface area contributed by atoms with Crippen LogP contribution in [-0.2, 0) is 25.5 Å². The van der Waals surface area contributed by atoms with E-state index in [4.69, 9.17) is 14.2 Å². The Morgan fingerprint density at radius 2 is 2.11 bits per heavy atom. The summed E-state index contributed by atoms with van der Waals surface area (Å²) >= 11 is 3.44. The number of ketones is 1. The van der Waals surface area contributed by atoms with Gasteiger partial charge in [0.25, 0.3) is 0 Å². The number of Topliss-reactive ketones (excluding diaryl/α,β-unsaturated/α-hetero) is 1. The first-order valence-corrected chi connectivity index (χ1v) is 10.3. The molecule has 0 amide bonds. The molecule has 0 N–H and O–H groups in total. The molecule has 0 radical (unpaired) electrons. The maximum Gasteiger partial charge on any atom is 0.345 e. The first kappa shape index (κ1) is 19.2. The summed E-state index contributed by atoms with van der Waals surface area (Å²) in [7, 11) is 1.64. The van der Waals surface area contributed by atoms with E-state index in [1.54, 1.807) is 7.11 Å². The third kappa shape index (κ3) is 2.89. The van der Waals surface area contributed by atoms with E-state index in [1.165, 1.54) is 0 Å². The highest BCUT2D eigenvalue weighted by Crippen LogP contribution is 2.53. The number of allylic oxidation sites excluding steroid dienone is 1. The van der Waals surface area contributed by atoms with Crippen LogP contribution in [0.1, 0.15) is 37.8 Å². The Bertz CT molecular complexity index is 914. The molecule has 1 heterocycles. The predicted molar refractivity (Wildman–Crippen MR) is 108 cm³/mol. The van der Waals surface area contributed by atoms with Crippen LogP contribution in [0.2, 0.25) is 0 Å². The lowest BCUT2D eigenvalue weighted by Gasteiger charge is -2.48. The van der Waals surface area contributed by atoms with Crippen molar-refractivity contribution in [2.75, 3.05) is 13.7 Å². The third-order valence-electron chi connectivity index (χ3n) is 5.82. The van der Waals surface area contributed by atoms with Gasteiger partial charge in [0, 0.05) is 17.1 Å². The molecule has 6 heteroatoms. The quantitative estimate of drug-likeness (QED) is 0.648. The van der Waals surface area contributed by atoms with E-state index >= 15 is 0 Å². The molecule has 1 aromatic carbocycles. The molecule has 0 saturated carbocycles. The molecule has 4 rings (SSSR count). The average Bonchev–Trinajstić information content (AvgIpc) is 2.69. The molecule has 0 unspecified atom stereocenters. The van der Waals surface area contributed by atoms with Crippen LogP contribution in [-0.4, -0.2) is 31.1 Å². The maximum absolute atomic E-state index is 13.1. The highest BCUT2D eigenvalue weighted by molar-refractivity contribution is 9.12. The summed E-state index contributed by atoms with van der Waals surface area (Å²) in [4.78, 5) is 25.4. The second-order valence-electron chi connectivity index (χ2n) is 7.94. The molecule has 0 bridgehead atoms. The molecule has 2 aliphatic carbocycles. The average molecular weight is 447 g/mol. The van der Waals surface area contributed by atoms with E-state index in [2.05, 4.69) is 29.8 Å². The van der Waals surface area contributed by atoms with Gasteiger partial charge in [0.05, 0.1) is 7.11 Å². The summed E-state index contributed by atoms with van der Waals surface area (Å²) in [5.74, 6) is 0.850. The summed E-state index contributed by atoms with van der Waals surface area (Å²) in [5.41, 5.74) is 1.66. The molecule has 148 valence electrons. The van der Waals surface area contributed by atoms with Crippen LogP contribution >= 0.6 is 15.9 Å². The van der Waals surface area contributed by atoms with Crippen molar-refractivity contribution in [3.8, 4) is 5.75 Å². The predicted octanol–water partition coefficient (Wildman–Crippen LogP) is 4.19. The van der Waals surface area contributed by atoms with Crippen molar-refractivity contribution in [1.29, 1.82) is 0 Å². The van der Waals surface area contributed by atoms with Crippen LogP contribution in [0, 0.1) is 11.8 Å². The molecule has 0 spiro atoms. The molecular formula is C22H23BrO5. The van der Waals surface area contributed by atoms with Gasteiger partial charge in [-0.3, -0.25) is 4.79 Å². The van der Waals surface area contributed by atoms with Crippen LogP contribution in [0.25, 0.3) is 6.08 Å². The molecule has 1 aromatic rings. The number of rotatable bonds is 4. The number of fused-ring (bicyclic) bond motifs is 4. The minimum Gasteiger partial charge on any atom is -0.496 e. The number of hydrogen-bond donors (Lipinski definition) is 0. The maximum atomic E-state index is 13.1. The van der Waals surface area contributed by atoms with E-state index in [0.717, 1.165) is 23.3 Å². The first-order chi connectivity index (χ1) is 13.4. The second-order valence-corrected chi connectivity index (χ2v) is 8.73. The lowest BCUT2D eigenvalue weighted by atomic mass is 9.66. The number of halogens is 1. The Labute approximate surface area is 172 Å². The number of benzene rings is 1. The van der Waals surface area contributed by atoms with Gasteiger partial charge in [0.2, 0.25) is 0 Å². The molecule has 1 fully saturated rings. The zero-order valence-electron chi connectivity index (χ0n) is 16.2. The fourth-order valence-electron chi connectivity index (χ4n) is 4.43. The van der Waals surface area contributed by atoms with Gasteiger partial charge in [-0.05, 0) is 58.8 Å². The molecule has 2 atom stereocenters. The highest BCUT2D eigenvalue weighted by atomic mass is 79.9. The number of esters is 1. The van der Waals surface area contributed by atoms with Crippen molar-refractivity contribution in [2.24, 2.45) is 11.8 Å². The standard InChI is InChI=1S/C22H23BrO5/c1-12(2)7-8-22-16-10-14-13(5-4-6-17(14)26-3)9-15(16)20(25)19(23)21(22)27-11-18(24)28-22/h4-6,9,12,16H,7-8,10-11H2,1-3H3/t16-,22-/m0/s1. The number of carbonyl (C=O) groups excluding carboxylic acids is 2. The zero-order valence-corrected chi connectivity index (χ0v) is 17.8. The van der Waals surface area contributed by atoms with Gasteiger partial charge in [0.15, 0.2) is 23.8 Å². The monoisotopic (exact) mass is 446 g/mol. The fourth-order valence-corrected chi connectivity index (χ4v) is 5.11. The lowest BCUT2D eigenvalue weighted by molar-refractivity contribution is -0.186. The van der Waals surface area contributed by atoms with Gasteiger partial charge in [-0.25, -0.2) is 4.79 Å². The van der Waals surface area contributed by atoms with Gasteiger partial charge in [0.1, 0.15) is 10.2 Å². The number of ether oxygens (including phenoxy) is 3. The number of hydrogen-bond acceptors (Lipinski definition) is 5. The summed E-state index contributed by atoms with van der Waals surface area (Å²) in [5, 5.41) is 0. The smallest absolute Gasteiger partial charge is 0.345 e. The Hall–Kier alpha value is -2.08. The molecule has 5 nitrogen and oxygen atoms in total. The highest BCUT2D eigenvalue weighted by Gasteiger charge is 2.57. The lowest BCUT2D eigenvalue weighted by Crippen LogP contribution is -2.55. The number of methoxy groups -OCH3 is 1. The number of carbonyl (C=O) groups is 2. The van der Waals surface area contributed by atoms with Crippen molar-refractivity contribution in [1.82, 2.24) is 0 Å². The van der Waals surface area contributed by atoms with Crippen LogP contribution < -0.4 is 4.74 Å². The van der Waals surface area contributed by atoms with Gasteiger partial charge in [-0.1, -0.05) is 26.0 Å². The Kier molecular flexibility index (Phi) is 4.86. The minimum atomic E-state index is -0.975. The van der Waals surface area contributed by atoms with Gasteiger partial charge in [-0.2, -0.15) is 0 Å². The molecule has 3 aliphatic rings. The molecule has 28 heavy (non-hydrogen) atoms. The van der Waals surface area contributed by atoms with Crippen molar-refractivity contribution >= 4 is 33.8 Å². The van der Waals surface area contributed by atoms with Gasteiger partial charge in [-0.15, -0.1) is 0 Å². The largest absolute Gasteiger partial charge is 0.496 e. The van der Waals surface area contributed by atoms with E-state index in [0.29, 0.717) is 34.6 Å². The van der Waals surface area contributed by atoms with Crippen LogP contribution in [0.3, 0.4) is 0 Å². The fraction of sp³-hybridized carbons (Fsp3) is 0.455. The van der Waals surface area contributed by atoms with Crippen molar-refractivity contribution < 1.29 is 23.8 Å². The normalized spacial score (nSPS) is 26.0. The Morgan fingerprint density at radius 1 is 1.32 bits per heavy atom. The van der Waals surface area contributed by atoms with Crippen LogP contribution in [0.5, 0.6) is 5.75 Å². The first-order valence-electron chi connectivity index (χ1n) is 9.54. The van der Waals surface area contributed by atoms with Gasteiger partial charge >= 0.3 is 5.97 Å². The van der Waals surface area contributed by atoms with E-state index in [9.17, 15) is 9.59 Å². The zero-order chi connectivity index (χ0) is 20.1. The summed E-state index contributed by atoms with van der Waals surface area (Å²) in [6.07, 6.45) is 3.90. The Balaban J connectivity index is 1.90. The van der Waals surface area contributed by atoms with Crippen molar-refractivity contribution in [3.05, 3.63) is 45.1 Å². The third-order valence-corrected chi connectivity index (χ3v) is 6.54. The molecule has 0 aromatic heterocycles. The van der Waals surface area contributed by atoms with E-state index in [1.807, 2.05) is 24.3 Å². The molecule has 1 saturated heterocycles. The topological polar surface area (TPSA) is 61.8 Å². The summed E-state index contributed by atoms with van der Waals surface area (Å²) in [6.45, 7) is 4.09. The minimum absolute atomic E-state index is 0.105.